The summed E-state index contributed by atoms with van der Waals surface area (Å²) in [7, 11) is -2.11. The molecule has 1 N–H and O–H groups in total. The monoisotopic (exact) mass is 416 g/mol. The van der Waals surface area contributed by atoms with Crippen LogP contribution in [0.5, 0.6) is 5.75 Å². The summed E-state index contributed by atoms with van der Waals surface area (Å²) in [6.45, 7) is 4.63. The Morgan fingerprint density at radius 2 is 1.93 bits per heavy atom. The number of piperidine rings is 1. The third kappa shape index (κ3) is 4.62. The molecular formula is C22H28N2O4S. The molecule has 0 bridgehead atoms. The summed E-state index contributed by atoms with van der Waals surface area (Å²) in [5, 5.41) is 3.05. The smallest absolute Gasteiger partial charge is 0.243 e. The van der Waals surface area contributed by atoms with Crippen molar-refractivity contribution < 1.29 is 17.9 Å². The summed E-state index contributed by atoms with van der Waals surface area (Å²) in [5.74, 6) is 0.106. The summed E-state index contributed by atoms with van der Waals surface area (Å²) >= 11 is 0. The van der Waals surface area contributed by atoms with Crippen molar-refractivity contribution in [2.45, 2.75) is 38.0 Å². The number of aryl methyl sites for hydroxylation is 2. The zero-order chi connectivity index (χ0) is 21.0. The van der Waals surface area contributed by atoms with Gasteiger partial charge in [-0.05, 0) is 61.6 Å². The molecule has 29 heavy (non-hydrogen) atoms. The molecule has 6 nitrogen and oxygen atoms in total. The standard InChI is InChI=1S/C22H28N2O4S/c1-4-17-8-5-7-16(2)21(17)23-22(25)18-9-6-14-24(15-18)29(26,27)20-12-10-19(28-3)11-13-20/h5,7-8,10-13,18H,4,6,9,14-15H2,1-3H3,(H,23,25)/t18-/m1/s1. The fourth-order valence-corrected chi connectivity index (χ4v) is 5.22. The maximum atomic E-state index is 13.0. The van der Waals surface area contributed by atoms with Crippen molar-refractivity contribution in [1.29, 1.82) is 0 Å². The highest BCUT2D eigenvalue weighted by molar-refractivity contribution is 7.89. The molecule has 1 heterocycles. The van der Waals surface area contributed by atoms with Crippen LogP contribution < -0.4 is 10.1 Å². The van der Waals surface area contributed by atoms with E-state index in [-0.39, 0.29) is 23.3 Å². The molecular weight excluding hydrogens is 388 g/mol. The van der Waals surface area contributed by atoms with Gasteiger partial charge in [-0.3, -0.25) is 4.79 Å². The first-order chi connectivity index (χ1) is 13.9. The number of amides is 1. The number of hydrogen-bond donors (Lipinski definition) is 1. The van der Waals surface area contributed by atoms with Crippen molar-refractivity contribution >= 4 is 21.6 Å². The van der Waals surface area contributed by atoms with Crippen LogP contribution in [0, 0.1) is 12.8 Å². The van der Waals surface area contributed by atoms with Crippen LogP contribution in [0.15, 0.2) is 47.4 Å². The number of hydrogen-bond acceptors (Lipinski definition) is 4. The van der Waals surface area contributed by atoms with E-state index >= 15 is 0 Å². The van der Waals surface area contributed by atoms with Crippen molar-refractivity contribution in [3.8, 4) is 5.75 Å². The summed E-state index contributed by atoms with van der Waals surface area (Å²) in [5.41, 5.74) is 2.93. The number of carbonyl (C=O) groups is 1. The predicted octanol–water partition coefficient (Wildman–Crippen LogP) is 3.61. The van der Waals surface area contributed by atoms with Crippen LogP contribution in [0.3, 0.4) is 0 Å². The molecule has 1 saturated heterocycles. The number of rotatable bonds is 6. The van der Waals surface area contributed by atoms with Gasteiger partial charge in [-0.2, -0.15) is 4.31 Å². The summed E-state index contributed by atoms with van der Waals surface area (Å²) in [4.78, 5) is 13.1. The van der Waals surface area contributed by atoms with Crippen molar-refractivity contribution in [3.05, 3.63) is 53.6 Å². The van der Waals surface area contributed by atoms with Gasteiger partial charge in [-0.15, -0.1) is 0 Å². The van der Waals surface area contributed by atoms with Gasteiger partial charge in [0.25, 0.3) is 0 Å². The first-order valence-corrected chi connectivity index (χ1v) is 11.3. The van der Waals surface area contributed by atoms with Crippen LogP contribution in [0.4, 0.5) is 5.69 Å². The van der Waals surface area contributed by atoms with Gasteiger partial charge in [0, 0.05) is 18.8 Å². The number of para-hydroxylation sites is 1. The number of sulfonamides is 1. The third-order valence-corrected chi connectivity index (χ3v) is 7.32. The van der Waals surface area contributed by atoms with Crippen LogP contribution in [0.25, 0.3) is 0 Å². The second-order valence-electron chi connectivity index (χ2n) is 7.33. The second kappa shape index (κ2) is 8.97. The quantitative estimate of drug-likeness (QED) is 0.781. The zero-order valence-electron chi connectivity index (χ0n) is 17.1. The van der Waals surface area contributed by atoms with E-state index in [0.29, 0.717) is 25.1 Å². The van der Waals surface area contributed by atoms with Crippen molar-refractivity contribution in [3.63, 3.8) is 0 Å². The molecule has 7 heteroatoms. The van der Waals surface area contributed by atoms with Gasteiger partial charge in [0.1, 0.15) is 5.75 Å². The van der Waals surface area contributed by atoms with E-state index < -0.39 is 10.0 Å². The van der Waals surface area contributed by atoms with E-state index in [9.17, 15) is 13.2 Å². The number of carbonyl (C=O) groups excluding carboxylic acids is 1. The Labute approximate surface area is 172 Å². The lowest BCUT2D eigenvalue weighted by atomic mass is 9.98. The van der Waals surface area contributed by atoms with Crippen LogP contribution in [0.1, 0.15) is 30.9 Å². The summed E-state index contributed by atoms with van der Waals surface area (Å²) in [6, 6.07) is 12.3. The minimum absolute atomic E-state index is 0.122. The number of nitrogens with zero attached hydrogens (tertiary/aromatic N) is 1. The molecule has 2 aromatic rings. The number of nitrogens with one attached hydrogen (secondary N) is 1. The summed E-state index contributed by atoms with van der Waals surface area (Å²) in [6.07, 6.45) is 2.15. The van der Waals surface area contributed by atoms with Crippen LogP contribution in [-0.2, 0) is 21.2 Å². The topological polar surface area (TPSA) is 75.7 Å². The Kier molecular flexibility index (Phi) is 6.59. The average Bonchev–Trinajstić information content (AvgIpc) is 2.75. The number of methoxy groups -OCH3 is 1. The molecule has 1 aliphatic rings. The van der Waals surface area contributed by atoms with Gasteiger partial charge in [-0.25, -0.2) is 8.42 Å². The predicted molar refractivity (Wildman–Crippen MR) is 114 cm³/mol. The van der Waals surface area contributed by atoms with Gasteiger partial charge < -0.3 is 10.1 Å². The molecule has 1 amide bonds. The Morgan fingerprint density at radius 3 is 2.59 bits per heavy atom. The fourth-order valence-electron chi connectivity index (χ4n) is 3.70. The lowest BCUT2D eigenvalue weighted by molar-refractivity contribution is -0.120. The first-order valence-electron chi connectivity index (χ1n) is 9.90. The van der Waals surface area contributed by atoms with Gasteiger partial charge in [0.2, 0.25) is 15.9 Å². The molecule has 0 unspecified atom stereocenters. The molecule has 0 aliphatic carbocycles. The molecule has 3 rings (SSSR count). The highest BCUT2D eigenvalue weighted by Gasteiger charge is 2.33. The second-order valence-corrected chi connectivity index (χ2v) is 9.27. The minimum Gasteiger partial charge on any atom is -0.497 e. The molecule has 1 fully saturated rings. The Bertz CT molecular complexity index is 971. The van der Waals surface area contributed by atoms with Crippen molar-refractivity contribution in [1.82, 2.24) is 4.31 Å². The number of anilines is 1. The SMILES string of the molecule is CCc1cccc(C)c1NC(=O)[C@@H]1CCCN(S(=O)(=O)c2ccc(OC)cc2)C1. The Hall–Kier alpha value is -2.38. The molecule has 2 aromatic carbocycles. The molecule has 156 valence electrons. The minimum atomic E-state index is -3.65. The molecule has 1 atom stereocenters. The first kappa shape index (κ1) is 21.3. The largest absolute Gasteiger partial charge is 0.497 e. The number of ether oxygens (including phenoxy) is 1. The van der Waals surface area contributed by atoms with Crippen LogP contribution in [0.2, 0.25) is 0 Å². The van der Waals surface area contributed by atoms with Crippen molar-refractivity contribution in [2.75, 3.05) is 25.5 Å². The normalized spacial score (nSPS) is 17.7. The number of benzene rings is 2. The van der Waals surface area contributed by atoms with Gasteiger partial charge in [0.05, 0.1) is 17.9 Å². The lowest BCUT2D eigenvalue weighted by Crippen LogP contribution is -2.43. The van der Waals surface area contributed by atoms with Crippen molar-refractivity contribution in [2.24, 2.45) is 5.92 Å². The van der Waals surface area contributed by atoms with E-state index in [1.165, 1.54) is 11.4 Å². The van der Waals surface area contributed by atoms with Crippen LogP contribution >= 0.6 is 0 Å². The van der Waals surface area contributed by atoms with E-state index in [4.69, 9.17) is 4.74 Å². The average molecular weight is 417 g/mol. The maximum absolute atomic E-state index is 13.0. The van der Waals surface area contributed by atoms with E-state index in [1.807, 2.05) is 32.0 Å². The lowest BCUT2D eigenvalue weighted by Gasteiger charge is -2.31. The van der Waals surface area contributed by atoms with Gasteiger partial charge >= 0.3 is 0 Å². The Morgan fingerprint density at radius 1 is 1.21 bits per heavy atom. The van der Waals surface area contributed by atoms with E-state index in [1.54, 1.807) is 24.3 Å². The van der Waals surface area contributed by atoms with Gasteiger partial charge in [0.15, 0.2) is 0 Å². The van der Waals surface area contributed by atoms with Crippen LogP contribution in [-0.4, -0.2) is 38.8 Å². The molecule has 0 radical (unpaired) electrons. The third-order valence-electron chi connectivity index (χ3n) is 5.44. The van der Waals surface area contributed by atoms with E-state index in [2.05, 4.69) is 5.32 Å². The van der Waals surface area contributed by atoms with E-state index in [0.717, 1.165) is 23.2 Å². The molecule has 0 aromatic heterocycles. The highest BCUT2D eigenvalue weighted by Crippen LogP contribution is 2.27. The molecule has 0 spiro atoms. The fraction of sp³-hybridized carbons (Fsp3) is 0.409. The molecule has 0 saturated carbocycles. The highest BCUT2D eigenvalue weighted by atomic mass is 32.2. The van der Waals surface area contributed by atoms with Gasteiger partial charge in [-0.1, -0.05) is 25.1 Å². The summed E-state index contributed by atoms with van der Waals surface area (Å²) < 4.78 is 32.6. The Balaban J connectivity index is 1.75. The zero-order valence-corrected chi connectivity index (χ0v) is 18.0. The molecule has 1 aliphatic heterocycles. The maximum Gasteiger partial charge on any atom is 0.243 e.